The summed E-state index contributed by atoms with van der Waals surface area (Å²) in [6, 6.07) is 0. The van der Waals surface area contributed by atoms with E-state index >= 15 is 0 Å². The van der Waals surface area contributed by atoms with E-state index in [1.165, 1.54) is 38.5 Å². The van der Waals surface area contributed by atoms with Crippen molar-refractivity contribution in [3.8, 4) is 0 Å². The van der Waals surface area contributed by atoms with Crippen molar-refractivity contribution in [2.24, 2.45) is 40.4 Å². The summed E-state index contributed by atoms with van der Waals surface area (Å²) in [5.74, 6) is 4.27. The number of hydrogen-bond acceptors (Lipinski definition) is 3. The molecule has 150 valence electrons. The van der Waals surface area contributed by atoms with Crippen molar-refractivity contribution in [3.05, 3.63) is 0 Å². The molecule has 3 heteroatoms. The van der Waals surface area contributed by atoms with E-state index in [9.17, 15) is 5.11 Å². The molecule has 26 heavy (non-hydrogen) atoms. The fourth-order valence-corrected chi connectivity index (χ4v) is 7.97. The SMILES string of the molecule is COCCO[C@H]1C[C@@]2(C)[C@@H](CC[C@@H]3[C@@H]2CC[C@]2(C)[C@@H](C)CC[C@@H]32)C[C@@H]1O. The van der Waals surface area contributed by atoms with Crippen LogP contribution in [0.1, 0.15) is 72.1 Å². The number of aliphatic hydroxyl groups excluding tert-OH is 1. The van der Waals surface area contributed by atoms with Crippen molar-refractivity contribution in [1.29, 1.82) is 0 Å². The zero-order chi connectivity index (χ0) is 18.5. The standard InChI is InChI=1S/C23H40O3/c1-15-5-8-18-17-7-6-16-13-20(24)21(26-12-11-25-4)14-23(16,3)19(17)9-10-22(15,18)2/h15-21,24H,5-14H2,1-4H3/t15-,16-,17-,18-,19-,20-,21-,22+,23-/m0/s1. The Bertz CT molecular complexity index is 508. The highest BCUT2D eigenvalue weighted by molar-refractivity contribution is 5.09. The summed E-state index contributed by atoms with van der Waals surface area (Å²) < 4.78 is 11.2. The minimum Gasteiger partial charge on any atom is -0.390 e. The van der Waals surface area contributed by atoms with Gasteiger partial charge in [-0.05, 0) is 91.8 Å². The number of aliphatic hydroxyl groups is 1. The van der Waals surface area contributed by atoms with E-state index < -0.39 is 0 Å². The van der Waals surface area contributed by atoms with Crippen LogP contribution in [0.25, 0.3) is 0 Å². The third-order valence-electron chi connectivity index (χ3n) is 9.75. The first kappa shape index (κ1) is 19.2. The summed E-state index contributed by atoms with van der Waals surface area (Å²) >= 11 is 0. The fourth-order valence-electron chi connectivity index (χ4n) is 7.97. The number of ether oxygens (including phenoxy) is 2. The molecule has 0 aromatic heterocycles. The van der Waals surface area contributed by atoms with Crippen molar-refractivity contribution >= 4 is 0 Å². The van der Waals surface area contributed by atoms with Gasteiger partial charge in [0.25, 0.3) is 0 Å². The van der Waals surface area contributed by atoms with E-state index in [0.29, 0.717) is 30.0 Å². The Hall–Kier alpha value is -0.120. The zero-order valence-electron chi connectivity index (χ0n) is 17.4. The Labute approximate surface area is 160 Å². The maximum Gasteiger partial charge on any atom is 0.0840 e. The quantitative estimate of drug-likeness (QED) is 0.737. The summed E-state index contributed by atoms with van der Waals surface area (Å²) in [7, 11) is 1.71. The lowest BCUT2D eigenvalue weighted by molar-refractivity contribution is -0.173. The molecule has 0 aliphatic heterocycles. The highest BCUT2D eigenvalue weighted by Crippen LogP contribution is 2.67. The molecular weight excluding hydrogens is 324 g/mol. The molecular formula is C23H40O3. The summed E-state index contributed by atoms with van der Waals surface area (Å²) in [6.07, 6.45) is 10.1. The summed E-state index contributed by atoms with van der Waals surface area (Å²) in [4.78, 5) is 0. The largest absolute Gasteiger partial charge is 0.390 e. The Morgan fingerprint density at radius 3 is 2.50 bits per heavy atom. The van der Waals surface area contributed by atoms with E-state index in [-0.39, 0.29) is 12.2 Å². The summed E-state index contributed by atoms with van der Waals surface area (Å²) in [5.41, 5.74) is 0.944. The molecule has 0 heterocycles. The van der Waals surface area contributed by atoms with Gasteiger partial charge in [0.1, 0.15) is 0 Å². The number of hydrogen-bond donors (Lipinski definition) is 1. The van der Waals surface area contributed by atoms with Gasteiger partial charge in [-0.3, -0.25) is 0 Å². The Balaban J connectivity index is 1.53. The van der Waals surface area contributed by atoms with Gasteiger partial charge >= 0.3 is 0 Å². The van der Waals surface area contributed by atoms with Crippen LogP contribution in [-0.2, 0) is 9.47 Å². The Morgan fingerprint density at radius 2 is 1.73 bits per heavy atom. The molecule has 9 atom stereocenters. The lowest BCUT2D eigenvalue weighted by Crippen LogP contribution is -2.57. The van der Waals surface area contributed by atoms with Crippen molar-refractivity contribution in [3.63, 3.8) is 0 Å². The van der Waals surface area contributed by atoms with E-state index in [1.54, 1.807) is 7.11 Å². The van der Waals surface area contributed by atoms with Crippen molar-refractivity contribution in [2.45, 2.75) is 84.3 Å². The van der Waals surface area contributed by atoms with Crippen LogP contribution < -0.4 is 0 Å². The second-order valence-corrected chi connectivity index (χ2v) is 10.6. The minimum absolute atomic E-state index is 0.000891. The molecule has 0 saturated heterocycles. The molecule has 4 rings (SSSR count). The first-order valence-electron chi connectivity index (χ1n) is 11.2. The summed E-state index contributed by atoms with van der Waals surface area (Å²) in [5, 5.41) is 10.7. The van der Waals surface area contributed by atoms with Crippen LogP contribution in [0.3, 0.4) is 0 Å². The molecule has 4 aliphatic carbocycles. The predicted molar refractivity (Wildman–Crippen MR) is 104 cm³/mol. The fraction of sp³-hybridized carbons (Fsp3) is 1.00. The zero-order valence-corrected chi connectivity index (χ0v) is 17.4. The first-order valence-corrected chi connectivity index (χ1v) is 11.2. The van der Waals surface area contributed by atoms with Gasteiger partial charge in [0, 0.05) is 7.11 Å². The molecule has 4 saturated carbocycles. The van der Waals surface area contributed by atoms with Gasteiger partial charge in [-0.15, -0.1) is 0 Å². The van der Waals surface area contributed by atoms with E-state index in [0.717, 1.165) is 36.5 Å². The smallest absolute Gasteiger partial charge is 0.0840 e. The predicted octanol–water partition coefficient (Wildman–Crippen LogP) is 4.67. The molecule has 0 radical (unpaired) electrons. The van der Waals surface area contributed by atoms with Crippen molar-refractivity contribution < 1.29 is 14.6 Å². The lowest BCUT2D eigenvalue weighted by atomic mass is 9.44. The van der Waals surface area contributed by atoms with E-state index in [1.807, 2.05) is 0 Å². The highest BCUT2D eigenvalue weighted by Gasteiger charge is 2.60. The molecule has 1 N–H and O–H groups in total. The maximum absolute atomic E-state index is 10.7. The van der Waals surface area contributed by atoms with Gasteiger partial charge < -0.3 is 14.6 Å². The maximum atomic E-state index is 10.7. The van der Waals surface area contributed by atoms with Gasteiger partial charge in [0.15, 0.2) is 0 Å². The van der Waals surface area contributed by atoms with Crippen LogP contribution in [0.15, 0.2) is 0 Å². The first-order chi connectivity index (χ1) is 12.4. The van der Waals surface area contributed by atoms with E-state index in [4.69, 9.17) is 9.47 Å². The van der Waals surface area contributed by atoms with Crippen molar-refractivity contribution in [2.75, 3.05) is 20.3 Å². The molecule has 0 amide bonds. The van der Waals surface area contributed by atoms with Gasteiger partial charge in [-0.2, -0.15) is 0 Å². The van der Waals surface area contributed by atoms with Crippen LogP contribution in [0.4, 0.5) is 0 Å². The molecule has 0 unspecified atom stereocenters. The molecule has 0 aromatic rings. The summed E-state index contributed by atoms with van der Waals surface area (Å²) in [6.45, 7) is 8.87. The Morgan fingerprint density at radius 1 is 0.962 bits per heavy atom. The third kappa shape index (κ3) is 2.88. The average Bonchev–Trinajstić information content (AvgIpc) is 2.91. The average molecular weight is 365 g/mol. The van der Waals surface area contributed by atoms with E-state index in [2.05, 4.69) is 20.8 Å². The van der Waals surface area contributed by atoms with Gasteiger partial charge in [0.2, 0.25) is 0 Å². The normalized spacial score (nSPS) is 53.7. The second kappa shape index (κ2) is 7.04. The molecule has 4 fully saturated rings. The highest BCUT2D eigenvalue weighted by atomic mass is 16.5. The van der Waals surface area contributed by atoms with Crippen LogP contribution in [0.5, 0.6) is 0 Å². The molecule has 0 spiro atoms. The van der Waals surface area contributed by atoms with Gasteiger partial charge in [0.05, 0.1) is 25.4 Å². The van der Waals surface area contributed by atoms with Gasteiger partial charge in [-0.25, -0.2) is 0 Å². The van der Waals surface area contributed by atoms with Crippen molar-refractivity contribution in [1.82, 2.24) is 0 Å². The van der Waals surface area contributed by atoms with Crippen LogP contribution in [0.2, 0.25) is 0 Å². The molecule has 0 bridgehead atoms. The number of methoxy groups -OCH3 is 1. The Kier molecular flexibility index (Phi) is 5.20. The van der Waals surface area contributed by atoms with Crippen LogP contribution >= 0.6 is 0 Å². The molecule has 4 aliphatic rings. The minimum atomic E-state index is -0.290. The van der Waals surface area contributed by atoms with Gasteiger partial charge in [-0.1, -0.05) is 20.8 Å². The third-order valence-corrected chi connectivity index (χ3v) is 9.75. The van der Waals surface area contributed by atoms with Crippen LogP contribution in [0, 0.1) is 40.4 Å². The number of fused-ring (bicyclic) bond motifs is 5. The van der Waals surface area contributed by atoms with Crippen LogP contribution in [-0.4, -0.2) is 37.6 Å². The lowest BCUT2D eigenvalue weighted by Gasteiger charge is -2.61. The molecule has 0 aromatic carbocycles. The monoisotopic (exact) mass is 364 g/mol. The second-order valence-electron chi connectivity index (χ2n) is 10.6. The molecule has 3 nitrogen and oxygen atoms in total. The topological polar surface area (TPSA) is 38.7 Å². The number of rotatable bonds is 4.